The number of nitrogens with zero attached hydrogens (tertiary/aromatic N) is 4. The summed E-state index contributed by atoms with van der Waals surface area (Å²) < 4.78 is 1.99. The quantitative estimate of drug-likeness (QED) is 0.458. The number of thioether (sulfide) groups is 1. The number of hydrogen-bond acceptors (Lipinski definition) is 4. The Balaban J connectivity index is 1.52. The molecule has 1 aromatic heterocycles. The third-order valence-electron chi connectivity index (χ3n) is 5.43. The van der Waals surface area contributed by atoms with Gasteiger partial charge in [-0.2, -0.15) is 0 Å². The van der Waals surface area contributed by atoms with Crippen LogP contribution in [-0.4, -0.2) is 32.1 Å². The number of benzene rings is 2. The highest BCUT2D eigenvalue weighted by Gasteiger charge is 2.34. The number of aryl methyl sites for hydroxylation is 1. The van der Waals surface area contributed by atoms with E-state index in [0.29, 0.717) is 15.8 Å². The first-order valence-electron chi connectivity index (χ1n) is 9.78. The van der Waals surface area contributed by atoms with Crippen LogP contribution < -0.4 is 0 Å². The third-order valence-corrected chi connectivity index (χ3v) is 7.08. The van der Waals surface area contributed by atoms with Gasteiger partial charge >= 0.3 is 0 Å². The zero-order valence-corrected chi connectivity index (χ0v) is 19.1. The lowest BCUT2D eigenvalue weighted by molar-refractivity contribution is 0.0727. The molecule has 30 heavy (non-hydrogen) atoms. The second-order valence-corrected chi connectivity index (χ2v) is 9.18. The van der Waals surface area contributed by atoms with Gasteiger partial charge in [0.2, 0.25) is 0 Å². The largest absolute Gasteiger partial charge is 0.328 e. The van der Waals surface area contributed by atoms with Gasteiger partial charge in [0.15, 0.2) is 11.0 Å². The van der Waals surface area contributed by atoms with E-state index in [1.807, 2.05) is 59.8 Å². The number of likely N-dealkylation sites (tertiary alicyclic amines) is 1. The Bertz CT molecular complexity index is 1080. The number of aromatic nitrogens is 3. The Morgan fingerprint density at radius 3 is 2.77 bits per heavy atom. The average molecular weight is 461 g/mol. The molecule has 0 N–H and O–H groups in total. The number of amides is 1. The van der Waals surface area contributed by atoms with E-state index in [1.165, 1.54) is 0 Å². The van der Waals surface area contributed by atoms with Crippen LogP contribution >= 0.6 is 35.0 Å². The maximum atomic E-state index is 13.2. The number of hydrogen-bond donors (Lipinski definition) is 0. The minimum absolute atomic E-state index is 0.0562. The van der Waals surface area contributed by atoms with Crippen LogP contribution in [0, 0.1) is 6.92 Å². The van der Waals surface area contributed by atoms with Crippen LogP contribution in [0.25, 0.3) is 0 Å². The number of rotatable bonds is 5. The van der Waals surface area contributed by atoms with Crippen LogP contribution in [-0.2, 0) is 12.8 Å². The fourth-order valence-corrected chi connectivity index (χ4v) is 5.25. The van der Waals surface area contributed by atoms with Gasteiger partial charge in [-0.05, 0) is 49.1 Å². The molecule has 3 aromatic rings. The molecule has 0 aliphatic carbocycles. The summed E-state index contributed by atoms with van der Waals surface area (Å²) >= 11 is 13.8. The number of carbonyl (C=O) groups excluding carboxylic acids is 1. The van der Waals surface area contributed by atoms with Crippen LogP contribution in [0.2, 0.25) is 10.0 Å². The molecule has 5 nitrogen and oxygen atoms in total. The van der Waals surface area contributed by atoms with Crippen LogP contribution in [0.5, 0.6) is 0 Å². The number of halogens is 2. The molecule has 0 bridgehead atoms. The molecule has 1 amide bonds. The van der Waals surface area contributed by atoms with Crippen molar-refractivity contribution in [3.8, 4) is 0 Å². The topological polar surface area (TPSA) is 51.0 Å². The van der Waals surface area contributed by atoms with E-state index in [0.717, 1.165) is 47.1 Å². The molecule has 1 unspecified atom stereocenters. The van der Waals surface area contributed by atoms with E-state index >= 15 is 0 Å². The van der Waals surface area contributed by atoms with Crippen molar-refractivity contribution in [1.82, 2.24) is 19.7 Å². The van der Waals surface area contributed by atoms with Gasteiger partial charge in [0.05, 0.1) is 6.04 Å². The van der Waals surface area contributed by atoms with E-state index in [9.17, 15) is 4.79 Å². The molecular weight excluding hydrogens is 439 g/mol. The molecule has 1 atom stereocenters. The average Bonchev–Trinajstić information content (AvgIpc) is 3.34. The first-order chi connectivity index (χ1) is 14.5. The molecule has 0 spiro atoms. The molecule has 1 saturated heterocycles. The van der Waals surface area contributed by atoms with Gasteiger partial charge in [0.1, 0.15) is 0 Å². The third kappa shape index (κ3) is 4.22. The molecular formula is C22H22Cl2N4OS. The van der Waals surface area contributed by atoms with Crippen LogP contribution in [0.4, 0.5) is 0 Å². The fraction of sp³-hybridized carbons (Fsp3) is 0.318. The molecule has 2 heterocycles. The predicted molar refractivity (Wildman–Crippen MR) is 121 cm³/mol. The standard InChI is InChI=1S/C22H22Cl2N4OS/c1-14-6-3-4-7-17(14)21(29)28-11-5-8-19(28)20-25-26-22(27(20)2)30-13-15-9-10-16(23)12-18(15)24/h3-4,6-7,9-10,12,19H,5,8,11,13H2,1-2H3. The lowest BCUT2D eigenvalue weighted by Crippen LogP contribution is -2.32. The van der Waals surface area contributed by atoms with Crippen molar-refractivity contribution in [2.75, 3.05) is 6.54 Å². The highest BCUT2D eigenvalue weighted by molar-refractivity contribution is 7.98. The minimum Gasteiger partial charge on any atom is -0.328 e. The molecule has 1 aliphatic heterocycles. The molecule has 1 aliphatic rings. The summed E-state index contributed by atoms with van der Waals surface area (Å²) in [4.78, 5) is 15.1. The Morgan fingerprint density at radius 2 is 2.00 bits per heavy atom. The van der Waals surface area contributed by atoms with Crippen molar-refractivity contribution in [3.05, 3.63) is 75.0 Å². The van der Waals surface area contributed by atoms with E-state index in [-0.39, 0.29) is 11.9 Å². The van der Waals surface area contributed by atoms with Crippen molar-refractivity contribution < 1.29 is 4.79 Å². The van der Waals surface area contributed by atoms with Gasteiger partial charge in [-0.1, -0.05) is 59.2 Å². The lowest BCUT2D eigenvalue weighted by atomic mass is 10.1. The van der Waals surface area contributed by atoms with E-state index in [1.54, 1.807) is 17.8 Å². The van der Waals surface area contributed by atoms with Gasteiger partial charge in [-0.15, -0.1) is 10.2 Å². The second kappa shape index (κ2) is 9.00. The lowest BCUT2D eigenvalue weighted by Gasteiger charge is -2.24. The van der Waals surface area contributed by atoms with Crippen LogP contribution in [0.3, 0.4) is 0 Å². The smallest absolute Gasteiger partial charge is 0.254 e. The second-order valence-electron chi connectivity index (χ2n) is 7.40. The Morgan fingerprint density at radius 1 is 1.20 bits per heavy atom. The monoisotopic (exact) mass is 460 g/mol. The Labute approximate surface area is 190 Å². The normalized spacial score (nSPS) is 16.3. The maximum absolute atomic E-state index is 13.2. The van der Waals surface area contributed by atoms with E-state index in [4.69, 9.17) is 23.2 Å². The molecule has 156 valence electrons. The zero-order valence-electron chi connectivity index (χ0n) is 16.8. The molecule has 8 heteroatoms. The van der Waals surface area contributed by atoms with Gasteiger partial charge in [-0.3, -0.25) is 4.79 Å². The van der Waals surface area contributed by atoms with Crippen molar-refractivity contribution >= 4 is 40.9 Å². The molecule has 1 fully saturated rings. The van der Waals surface area contributed by atoms with Crippen molar-refractivity contribution in [2.24, 2.45) is 7.05 Å². The molecule has 4 rings (SSSR count). The van der Waals surface area contributed by atoms with E-state index < -0.39 is 0 Å². The molecule has 0 radical (unpaired) electrons. The van der Waals surface area contributed by atoms with Crippen molar-refractivity contribution in [1.29, 1.82) is 0 Å². The Kier molecular flexibility index (Phi) is 6.37. The van der Waals surface area contributed by atoms with Crippen molar-refractivity contribution in [3.63, 3.8) is 0 Å². The molecule has 2 aromatic carbocycles. The zero-order chi connectivity index (χ0) is 21.3. The Hall–Kier alpha value is -2.02. The van der Waals surface area contributed by atoms with Gasteiger partial charge < -0.3 is 9.47 Å². The highest BCUT2D eigenvalue weighted by Crippen LogP contribution is 2.34. The summed E-state index contributed by atoms with van der Waals surface area (Å²) in [5.74, 6) is 1.54. The van der Waals surface area contributed by atoms with Gasteiger partial charge in [-0.25, -0.2) is 0 Å². The minimum atomic E-state index is -0.0666. The van der Waals surface area contributed by atoms with Crippen LogP contribution in [0.1, 0.15) is 46.2 Å². The first-order valence-corrected chi connectivity index (χ1v) is 11.5. The summed E-state index contributed by atoms with van der Waals surface area (Å²) in [7, 11) is 1.95. The van der Waals surface area contributed by atoms with E-state index in [2.05, 4.69) is 10.2 Å². The summed E-state index contributed by atoms with van der Waals surface area (Å²) in [6.07, 6.45) is 1.84. The van der Waals surface area contributed by atoms with Crippen LogP contribution in [0.15, 0.2) is 47.6 Å². The first kappa shape index (κ1) is 21.2. The highest BCUT2D eigenvalue weighted by atomic mass is 35.5. The summed E-state index contributed by atoms with van der Waals surface area (Å²) in [6.45, 7) is 2.70. The maximum Gasteiger partial charge on any atom is 0.254 e. The van der Waals surface area contributed by atoms with Gasteiger partial charge in [0.25, 0.3) is 5.91 Å². The summed E-state index contributed by atoms with van der Waals surface area (Å²) in [5, 5.41) is 10.9. The van der Waals surface area contributed by atoms with Crippen molar-refractivity contribution in [2.45, 2.75) is 36.7 Å². The SMILES string of the molecule is Cc1ccccc1C(=O)N1CCCC1c1nnc(SCc2ccc(Cl)cc2Cl)n1C. The summed E-state index contributed by atoms with van der Waals surface area (Å²) in [6, 6.07) is 13.2. The molecule has 0 saturated carbocycles. The fourth-order valence-electron chi connectivity index (χ4n) is 3.77. The predicted octanol–water partition coefficient (Wildman–Crippen LogP) is 5.70. The number of carbonyl (C=O) groups is 1. The summed E-state index contributed by atoms with van der Waals surface area (Å²) in [5.41, 5.74) is 2.73. The van der Waals surface area contributed by atoms with Gasteiger partial charge in [0, 0.05) is 35.0 Å².